The molecule has 1 aromatic carbocycles. The van der Waals surface area contributed by atoms with Crippen LogP contribution in [0.1, 0.15) is 34.7 Å². The molecule has 154 valence electrons. The van der Waals surface area contributed by atoms with E-state index in [2.05, 4.69) is 14.7 Å². The van der Waals surface area contributed by atoms with Crippen molar-refractivity contribution >= 4 is 18.7 Å². The normalized spacial score (nSPS) is 23.6. The van der Waals surface area contributed by atoms with Gasteiger partial charge in [0.25, 0.3) is 0 Å². The second-order valence-electron chi connectivity index (χ2n) is 7.94. The molecule has 6 nitrogen and oxygen atoms in total. The molecule has 1 amide bonds. The third kappa shape index (κ3) is 3.55. The van der Waals surface area contributed by atoms with Crippen LogP contribution in [-0.2, 0) is 0 Å². The zero-order valence-electron chi connectivity index (χ0n) is 15.9. The van der Waals surface area contributed by atoms with Gasteiger partial charge in [-0.3, -0.25) is 0 Å². The van der Waals surface area contributed by atoms with Crippen LogP contribution in [0.2, 0.25) is 0 Å². The summed E-state index contributed by atoms with van der Waals surface area (Å²) in [7, 11) is 1.67. The van der Waals surface area contributed by atoms with Crippen molar-refractivity contribution < 1.29 is 22.7 Å². The Bertz CT molecular complexity index is 1060. The Kier molecular flexibility index (Phi) is 4.52. The van der Waals surface area contributed by atoms with Gasteiger partial charge in [-0.25, -0.2) is 0 Å². The molecule has 30 heavy (non-hydrogen) atoms. The number of hydrogen-bond donors (Lipinski definition) is 0. The number of carbonyl (C=O) groups is 1. The molecule has 3 heterocycles. The van der Waals surface area contributed by atoms with Gasteiger partial charge >= 0.3 is 170 Å². The van der Waals surface area contributed by atoms with Crippen molar-refractivity contribution in [2.75, 3.05) is 13.1 Å². The van der Waals surface area contributed by atoms with Gasteiger partial charge in [-0.05, 0) is 0 Å². The van der Waals surface area contributed by atoms with Crippen molar-refractivity contribution in [1.29, 1.82) is 0 Å². The summed E-state index contributed by atoms with van der Waals surface area (Å²) < 4.78 is 44.2. The molecule has 10 heteroatoms. The predicted octanol–water partition coefficient (Wildman–Crippen LogP) is 3.23. The number of alkyl halides is 3. The van der Waals surface area contributed by atoms with Crippen molar-refractivity contribution in [3.63, 3.8) is 0 Å². The van der Waals surface area contributed by atoms with E-state index in [0.29, 0.717) is 30.0 Å². The third-order valence-corrected chi connectivity index (χ3v) is 6.08. The summed E-state index contributed by atoms with van der Waals surface area (Å²) in [4.78, 5) is 23.1. The Morgan fingerprint density at radius 2 is 1.87 bits per heavy atom. The second kappa shape index (κ2) is 7.10. The van der Waals surface area contributed by atoms with Crippen LogP contribution in [-0.4, -0.2) is 51.6 Å². The molecule has 2 fully saturated rings. The van der Waals surface area contributed by atoms with Gasteiger partial charge in [-0.15, -0.1) is 0 Å². The molecule has 3 aromatic rings. The van der Waals surface area contributed by atoms with Crippen molar-refractivity contribution in [3.8, 4) is 5.75 Å². The number of hydrogen-bond acceptors (Lipinski definition) is 4. The molecule has 1 aliphatic carbocycles. The Morgan fingerprint density at radius 3 is 2.57 bits per heavy atom. The quantitative estimate of drug-likeness (QED) is 0.661. The van der Waals surface area contributed by atoms with Crippen molar-refractivity contribution in [3.05, 3.63) is 53.9 Å². The van der Waals surface area contributed by atoms with Crippen LogP contribution >= 0.6 is 0 Å². The first-order valence-corrected chi connectivity index (χ1v) is 9.81. The number of benzene rings is 1. The van der Waals surface area contributed by atoms with E-state index in [0.717, 1.165) is 12.8 Å². The van der Waals surface area contributed by atoms with Gasteiger partial charge in [-0.2, -0.15) is 0 Å². The molecule has 5 rings (SSSR count). The average Bonchev–Trinajstić information content (AvgIpc) is 3.39. The minimum atomic E-state index is -4.71. The van der Waals surface area contributed by atoms with E-state index in [1.54, 1.807) is 52.9 Å². The fourth-order valence-electron chi connectivity index (χ4n) is 4.85. The minimum absolute atomic E-state index is 0.00445. The first-order chi connectivity index (χ1) is 14.4. The van der Waals surface area contributed by atoms with Gasteiger partial charge in [0.2, 0.25) is 0 Å². The van der Waals surface area contributed by atoms with Crippen LogP contribution in [0.3, 0.4) is 0 Å². The molecule has 0 bridgehead atoms. The van der Waals surface area contributed by atoms with Gasteiger partial charge in [0.15, 0.2) is 0 Å². The Morgan fingerprint density at radius 1 is 1.13 bits per heavy atom. The summed E-state index contributed by atoms with van der Waals surface area (Å²) in [5.41, 5.74) is 0.947. The van der Waals surface area contributed by atoms with Crippen molar-refractivity contribution in [2.45, 2.75) is 25.1 Å². The van der Waals surface area contributed by atoms with E-state index in [1.165, 1.54) is 6.07 Å². The molecule has 2 aromatic heterocycles. The van der Waals surface area contributed by atoms with Gasteiger partial charge in [0.1, 0.15) is 0 Å². The summed E-state index contributed by atoms with van der Waals surface area (Å²) in [5, 5.41) is 0. The number of aromatic nitrogens is 3. The zero-order valence-corrected chi connectivity index (χ0v) is 15.9. The van der Waals surface area contributed by atoms with Crippen LogP contribution in [0.15, 0.2) is 42.7 Å². The van der Waals surface area contributed by atoms with Crippen LogP contribution in [0.25, 0.3) is 5.78 Å². The first kappa shape index (κ1) is 19.1. The molecular formula is C20H18BF3N4O2. The number of halogens is 3. The van der Waals surface area contributed by atoms with Crippen LogP contribution in [0.5, 0.6) is 5.75 Å². The Balaban J connectivity index is 1.28. The number of rotatable bonds is 3. The SMILES string of the molecule is O=C(c1bn2cccnc2n1)N1C[C@H]2CC(c3ccccc3OC(F)(F)F)C[C@H]2C1. The first-order valence-electron chi connectivity index (χ1n) is 9.81. The summed E-state index contributed by atoms with van der Waals surface area (Å²) >= 11 is 0. The Labute approximate surface area is 170 Å². The van der Waals surface area contributed by atoms with E-state index in [4.69, 9.17) is 0 Å². The van der Waals surface area contributed by atoms with Gasteiger partial charge < -0.3 is 0 Å². The summed E-state index contributed by atoms with van der Waals surface area (Å²) in [6.07, 6.45) is 0.169. The van der Waals surface area contributed by atoms with Crippen LogP contribution in [0, 0.1) is 11.8 Å². The molecule has 3 atom stereocenters. The third-order valence-electron chi connectivity index (χ3n) is 6.08. The van der Waals surface area contributed by atoms with E-state index >= 15 is 0 Å². The summed E-state index contributed by atoms with van der Waals surface area (Å²) in [6, 6.07) is 8.12. The topological polar surface area (TPSA) is 59.7 Å². The van der Waals surface area contributed by atoms with E-state index in [9.17, 15) is 18.0 Å². The van der Waals surface area contributed by atoms with Crippen molar-refractivity contribution in [2.24, 2.45) is 11.8 Å². The van der Waals surface area contributed by atoms with Crippen LogP contribution < -0.4 is 4.74 Å². The number of para-hydroxylation sites is 1. The van der Waals surface area contributed by atoms with E-state index in [1.807, 2.05) is 0 Å². The van der Waals surface area contributed by atoms with Gasteiger partial charge in [0.05, 0.1) is 0 Å². The molecule has 1 saturated heterocycles. The standard InChI is InChI=1S/C20H18BF3N4O2/c22-20(23,24)30-16-5-2-1-4-15(16)12-8-13-10-27(11-14(13)9-12)18(29)17-21-28-7-3-6-25-19(28)26-17/h1-7,12-14H,8-11H2/t12?,13-,14+. The molecule has 1 saturated carbocycles. The monoisotopic (exact) mass is 414 g/mol. The second-order valence-corrected chi connectivity index (χ2v) is 7.94. The number of ether oxygens (including phenoxy) is 1. The average molecular weight is 414 g/mol. The molecule has 0 radical (unpaired) electrons. The number of nitrogens with zero attached hydrogens (tertiary/aromatic N) is 4. The van der Waals surface area contributed by atoms with E-state index < -0.39 is 6.36 Å². The molecule has 1 aliphatic heterocycles. The summed E-state index contributed by atoms with van der Waals surface area (Å²) in [6.45, 7) is 1.17. The van der Waals surface area contributed by atoms with E-state index in [-0.39, 0.29) is 29.4 Å². The molecule has 0 N–H and O–H groups in total. The fraction of sp³-hybridized carbons (Fsp3) is 0.400. The predicted molar refractivity (Wildman–Crippen MR) is 102 cm³/mol. The maximum absolute atomic E-state index is 12.9. The molecular weight excluding hydrogens is 396 g/mol. The maximum atomic E-state index is 12.9. The number of likely N-dealkylation sites (tertiary alicyclic amines) is 1. The molecule has 0 spiro atoms. The fourth-order valence-corrected chi connectivity index (χ4v) is 4.85. The van der Waals surface area contributed by atoms with Crippen molar-refractivity contribution in [1.82, 2.24) is 19.2 Å². The number of amides is 1. The number of carbonyl (C=O) groups excluding carboxylic acids is 1. The van der Waals surface area contributed by atoms with Gasteiger partial charge in [0, 0.05) is 0 Å². The van der Waals surface area contributed by atoms with Crippen LogP contribution in [0.4, 0.5) is 13.2 Å². The molecule has 2 aliphatic rings. The Hall–Kier alpha value is -2.91. The molecule has 1 unspecified atom stereocenters. The zero-order chi connectivity index (χ0) is 20.9. The number of fused-ring (bicyclic) bond motifs is 2. The summed E-state index contributed by atoms with van der Waals surface area (Å²) in [5.74, 6) is 0.727. The van der Waals surface area contributed by atoms with Gasteiger partial charge in [-0.1, -0.05) is 0 Å².